The standard InChI is InChI=1S/C28H20/c1-3-13-26-17-18-28-16-6-5-15-27(28)14-4-2-8-23(27)19-21-10-9-20(24(26)25(21)28)11-12-22(26)7-1/h1-12,14-19H,13H2. The zero-order chi connectivity index (χ0) is 18.4. The van der Waals surface area contributed by atoms with E-state index in [1.807, 2.05) is 0 Å². The summed E-state index contributed by atoms with van der Waals surface area (Å²) in [5.41, 5.74) is 8.26. The molecule has 7 rings (SSSR count). The van der Waals surface area contributed by atoms with Crippen molar-refractivity contribution < 1.29 is 0 Å². The van der Waals surface area contributed by atoms with E-state index in [1.165, 1.54) is 33.4 Å². The molecule has 0 N–H and O–H groups in total. The van der Waals surface area contributed by atoms with Crippen LogP contribution >= 0.6 is 0 Å². The molecule has 6 aliphatic carbocycles. The molecular weight excluding hydrogens is 336 g/mol. The molecule has 132 valence electrons. The average molecular weight is 356 g/mol. The predicted octanol–water partition coefficient (Wildman–Crippen LogP) is 6.28. The lowest BCUT2D eigenvalue weighted by molar-refractivity contribution is 0.393. The Morgan fingerprint density at radius 2 is 1.43 bits per heavy atom. The van der Waals surface area contributed by atoms with Gasteiger partial charge in [0.05, 0.1) is 0 Å². The van der Waals surface area contributed by atoms with Crippen molar-refractivity contribution in [3.8, 4) is 0 Å². The molecule has 3 unspecified atom stereocenters. The van der Waals surface area contributed by atoms with E-state index in [0.717, 1.165) is 6.42 Å². The Balaban J connectivity index is 1.68. The Hall–Kier alpha value is -3.12. The highest BCUT2D eigenvalue weighted by atomic mass is 14.6. The van der Waals surface area contributed by atoms with E-state index >= 15 is 0 Å². The maximum absolute atomic E-state index is 2.52. The molecule has 3 spiro atoms. The third-order valence-corrected chi connectivity index (χ3v) is 7.62. The van der Waals surface area contributed by atoms with Crippen LogP contribution in [0, 0.1) is 5.41 Å². The minimum atomic E-state index is -0.156. The first-order valence-corrected chi connectivity index (χ1v) is 10.2. The van der Waals surface area contributed by atoms with Gasteiger partial charge in [0.25, 0.3) is 0 Å². The first-order chi connectivity index (χ1) is 13.8. The monoisotopic (exact) mass is 356 g/mol. The van der Waals surface area contributed by atoms with E-state index in [0.29, 0.717) is 0 Å². The summed E-state index contributed by atoms with van der Waals surface area (Å²) in [5.74, 6) is 0. The topological polar surface area (TPSA) is 0 Å². The number of allylic oxidation sites excluding steroid dienone is 16. The summed E-state index contributed by atoms with van der Waals surface area (Å²) in [4.78, 5) is 0. The average Bonchev–Trinajstić information content (AvgIpc) is 2.75. The summed E-state index contributed by atoms with van der Waals surface area (Å²) in [6.45, 7) is 0. The van der Waals surface area contributed by atoms with Crippen LogP contribution in [0.5, 0.6) is 0 Å². The van der Waals surface area contributed by atoms with Crippen molar-refractivity contribution in [1.29, 1.82) is 0 Å². The molecule has 0 saturated carbocycles. The summed E-state index contributed by atoms with van der Waals surface area (Å²) in [7, 11) is 0. The van der Waals surface area contributed by atoms with E-state index in [9.17, 15) is 0 Å². The van der Waals surface area contributed by atoms with Gasteiger partial charge in [-0.2, -0.15) is 0 Å². The highest BCUT2D eigenvalue weighted by Gasteiger charge is 2.57. The Morgan fingerprint density at radius 1 is 0.607 bits per heavy atom. The fourth-order valence-corrected chi connectivity index (χ4v) is 6.39. The van der Waals surface area contributed by atoms with Crippen LogP contribution in [0.1, 0.15) is 28.7 Å². The lowest BCUT2D eigenvalue weighted by Crippen LogP contribution is -2.50. The van der Waals surface area contributed by atoms with Gasteiger partial charge in [-0.1, -0.05) is 109 Å². The molecule has 0 fully saturated rings. The molecule has 6 aliphatic rings. The van der Waals surface area contributed by atoms with Crippen molar-refractivity contribution in [2.75, 3.05) is 0 Å². The largest absolute Gasteiger partial charge is 0.0830 e. The molecule has 0 radical (unpaired) electrons. The van der Waals surface area contributed by atoms with Gasteiger partial charge in [-0.3, -0.25) is 0 Å². The molecule has 0 amide bonds. The molecule has 0 heterocycles. The number of hydrogen-bond acceptors (Lipinski definition) is 0. The zero-order valence-corrected chi connectivity index (χ0v) is 15.6. The Kier molecular flexibility index (Phi) is 2.47. The smallest absolute Gasteiger partial charge is 0.0491 e. The number of benzene rings is 1. The van der Waals surface area contributed by atoms with Crippen molar-refractivity contribution in [1.82, 2.24) is 0 Å². The van der Waals surface area contributed by atoms with Crippen LogP contribution < -0.4 is 0 Å². The number of hydrogen-bond donors (Lipinski definition) is 0. The summed E-state index contributed by atoms with van der Waals surface area (Å²) >= 11 is 0. The second kappa shape index (κ2) is 4.64. The highest BCUT2D eigenvalue weighted by molar-refractivity contribution is 5.84. The molecule has 1 aromatic rings. The summed E-state index contributed by atoms with van der Waals surface area (Å²) in [5, 5.41) is 0. The van der Waals surface area contributed by atoms with E-state index in [1.54, 1.807) is 0 Å². The van der Waals surface area contributed by atoms with Crippen LogP contribution in [0.2, 0.25) is 0 Å². The van der Waals surface area contributed by atoms with Gasteiger partial charge in [-0.05, 0) is 39.8 Å². The summed E-state index contributed by atoms with van der Waals surface area (Å²) < 4.78 is 0. The molecular formula is C28H20. The minimum absolute atomic E-state index is 0.0226. The molecule has 0 bridgehead atoms. The molecule has 3 atom stereocenters. The van der Waals surface area contributed by atoms with Crippen LogP contribution in [-0.4, -0.2) is 0 Å². The van der Waals surface area contributed by atoms with Gasteiger partial charge >= 0.3 is 0 Å². The van der Waals surface area contributed by atoms with Gasteiger partial charge in [0.1, 0.15) is 0 Å². The maximum atomic E-state index is 2.52. The predicted molar refractivity (Wildman–Crippen MR) is 117 cm³/mol. The molecule has 1 aromatic carbocycles. The van der Waals surface area contributed by atoms with Gasteiger partial charge in [-0.15, -0.1) is 0 Å². The van der Waals surface area contributed by atoms with Crippen molar-refractivity contribution in [2.45, 2.75) is 17.3 Å². The van der Waals surface area contributed by atoms with E-state index in [-0.39, 0.29) is 16.2 Å². The molecule has 28 heavy (non-hydrogen) atoms. The van der Waals surface area contributed by atoms with Crippen LogP contribution in [0.15, 0.2) is 108 Å². The molecule has 0 aromatic heterocycles. The van der Waals surface area contributed by atoms with Gasteiger partial charge in [0.15, 0.2) is 0 Å². The Morgan fingerprint density at radius 3 is 2.36 bits per heavy atom. The van der Waals surface area contributed by atoms with Gasteiger partial charge < -0.3 is 0 Å². The lowest BCUT2D eigenvalue weighted by Gasteiger charge is -2.56. The molecule has 0 aliphatic heterocycles. The van der Waals surface area contributed by atoms with Crippen LogP contribution in [0.25, 0.3) is 12.2 Å². The lowest BCUT2D eigenvalue weighted by atomic mass is 9.45. The Bertz CT molecular complexity index is 1220. The maximum Gasteiger partial charge on any atom is 0.0491 e. The zero-order valence-electron chi connectivity index (χ0n) is 15.6. The quantitative estimate of drug-likeness (QED) is 0.480. The molecule has 0 saturated heterocycles. The second-order valence-electron chi connectivity index (χ2n) is 8.66. The van der Waals surface area contributed by atoms with Crippen LogP contribution in [0.3, 0.4) is 0 Å². The van der Waals surface area contributed by atoms with Crippen molar-refractivity contribution >= 4 is 12.2 Å². The van der Waals surface area contributed by atoms with Gasteiger partial charge in [0.2, 0.25) is 0 Å². The molecule has 0 heteroatoms. The fourth-order valence-electron chi connectivity index (χ4n) is 6.39. The normalized spacial score (nSPS) is 36.3. The first kappa shape index (κ1) is 14.9. The first-order valence-electron chi connectivity index (χ1n) is 10.2. The van der Waals surface area contributed by atoms with Gasteiger partial charge in [0, 0.05) is 16.2 Å². The Labute approximate surface area is 165 Å². The van der Waals surface area contributed by atoms with E-state index in [4.69, 9.17) is 0 Å². The van der Waals surface area contributed by atoms with Crippen molar-refractivity contribution in [3.05, 3.63) is 131 Å². The third-order valence-electron chi connectivity index (χ3n) is 7.62. The van der Waals surface area contributed by atoms with Crippen LogP contribution in [0.4, 0.5) is 0 Å². The van der Waals surface area contributed by atoms with Crippen molar-refractivity contribution in [3.63, 3.8) is 0 Å². The molecule has 0 nitrogen and oxygen atoms in total. The summed E-state index contributed by atoms with van der Waals surface area (Å²) in [6, 6.07) is 4.65. The van der Waals surface area contributed by atoms with E-state index in [2.05, 4.69) is 109 Å². The summed E-state index contributed by atoms with van der Waals surface area (Å²) in [6.07, 6.45) is 38.3. The third kappa shape index (κ3) is 1.42. The second-order valence-corrected chi connectivity index (χ2v) is 8.66. The number of rotatable bonds is 0. The van der Waals surface area contributed by atoms with Crippen molar-refractivity contribution in [2.24, 2.45) is 5.41 Å². The fraction of sp³-hybridized carbons (Fsp3) is 0.143. The van der Waals surface area contributed by atoms with E-state index < -0.39 is 0 Å². The SMILES string of the molecule is C1=CCC23C=CC45C=CC=CC46C=CC=CC6=Cc4ccc(c2c45)C=CC3=C1. The van der Waals surface area contributed by atoms with Gasteiger partial charge in [-0.25, -0.2) is 0 Å². The van der Waals surface area contributed by atoms with Crippen LogP contribution in [-0.2, 0) is 10.8 Å². The minimum Gasteiger partial charge on any atom is -0.0830 e. The highest BCUT2D eigenvalue weighted by Crippen LogP contribution is 2.64.